The van der Waals surface area contributed by atoms with Gasteiger partial charge in [0.2, 0.25) is 35.4 Å². The van der Waals surface area contributed by atoms with Crippen molar-refractivity contribution in [1.82, 2.24) is 45.9 Å². The van der Waals surface area contributed by atoms with E-state index in [1.54, 1.807) is 26.0 Å². The molecule has 0 saturated carbocycles. The number of amides is 8. The lowest BCUT2D eigenvalue weighted by Crippen LogP contribution is -2.55. The van der Waals surface area contributed by atoms with Crippen molar-refractivity contribution in [1.29, 1.82) is 0 Å². The van der Waals surface area contributed by atoms with Crippen LogP contribution in [0.3, 0.4) is 0 Å². The summed E-state index contributed by atoms with van der Waals surface area (Å²) >= 11 is 0. The van der Waals surface area contributed by atoms with Crippen molar-refractivity contribution in [3.05, 3.63) is 74.3 Å². The summed E-state index contributed by atoms with van der Waals surface area (Å²) < 4.78 is 27.3. The topological polar surface area (TPSA) is 355 Å². The fraction of sp³-hybridized carbons (Fsp3) is 0.554. The van der Waals surface area contributed by atoms with Gasteiger partial charge in [-0.05, 0) is 95.4 Å². The standard InChI is InChI=1S/C56H74FN9O16/c1-6-56(80)40-24-44-50-38(27-66(44)54(78)39(40)29-82-55(56)79)36(37-22-31(2)41(57)25-43(37)63-50)12-9-11-21-81-30-59-46(71)26-58-51(75)32(3)60-52(76)33(4)61-53(77)42(14-15-47(72)64(5)20-18-34(68)23-35(69)28-67)62-45(70)13-8-7-10-19-65-48(73)16-17-49(65)74/h16-17,22,24-25,32-35,42,67-69,80H,6-15,18-21,23,26-30H2,1-5H3,(H,58,75)(H,59,71)(H,60,76)(H,61,77)(H,62,70)/t32-,33-,34+,35-,42-,56-/m0/s1. The Hall–Kier alpha value is -7.52. The van der Waals surface area contributed by atoms with Crippen LogP contribution in [-0.4, -0.2) is 170 Å². The number of pyridine rings is 2. The second-order valence-corrected chi connectivity index (χ2v) is 20.9. The van der Waals surface area contributed by atoms with Gasteiger partial charge in [-0.2, -0.15) is 0 Å². The molecule has 25 nitrogen and oxygen atoms in total. The van der Waals surface area contributed by atoms with Crippen LogP contribution in [0.5, 0.6) is 0 Å². The first-order valence-corrected chi connectivity index (χ1v) is 27.5. The van der Waals surface area contributed by atoms with E-state index in [9.17, 15) is 67.7 Å². The summed E-state index contributed by atoms with van der Waals surface area (Å²) in [5.41, 5.74) is 1.18. The Morgan fingerprint density at radius 2 is 1.56 bits per heavy atom. The number of nitrogens with one attached hydrogen (secondary N) is 5. The average molecular weight is 1150 g/mol. The molecule has 0 saturated heterocycles. The number of carbonyl (C=O) groups excluding carboxylic acids is 9. The number of aliphatic hydroxyl groups excluding tert-OH is 3. The van der Waals surface area contributed by atoms with Gasteiger partial charge in [-0.1, -0.05) is 13.3 Å². The number of carbonyl (C=O) groups is 9. The van der Waals surface area contributed by atoms with E-state index in [-0.39, 0.29) is 89.2 Å². The Morgan fingerprint density at radius 3 is 2.27 bits per heavy atom. The molecule has 0 aliphatic carbocycles. The van der Waals surface area contributed by atoms with Crippen molar-refractivity contribution in [2.45, 2.75) is 154 Å². The minimum Gasteiger partial charge on any atom is -0.458 e. The zero-order valence-corrected chi connectivity index (χ0v) is 46.8. The van der Waals surface area contributed by atoms with Crippen LogP contribution in [0.2, 0.25) is 0 Å². The Morgan fingerprint density at radius 1 is 0.854 bits per heavy atom. The van der Waals surface area contributed by atoms with Gasteiger partial charge in [-0.25, -0.2) is 14.2 Å². The number of nitrogens with zero attached hydrogens (tertiary/aromatic N) is 4. The molecule has 8 amide bonds. The van der Waals surface area contributed by atoms with Crippen LogP contribution in [0.15, 0.2) is 35.1 Å². The van der Waals surface area contributed by atoms with Crippen LogP contribution < -0.4 is 32.1 Å². The van der Waals surface area contributed by atoms with E-state index in [4.69, 9.17) is 19.6 Å². The number of benzene rings is 1. The lowest BCUT2D eigenvalue weighted by atomic mass is 9.86. The second-order valence-electron chi connectivity index (χ2n) is 20.9. The SMILES string of the molecule is CC[C@@]1(O)C(=O)OCc2c1cc1n(c2=O)Cc2c-1nc1cc(F)c(C)cc1c2CCCCOCNC(=O)CNC(=O)[C@H](C)NC(=O)[C@H](C)NC(=O)[C@H](CCC(=O)N(C)CC[C@@H](O)C[C@H](O)CO)NC(=O)CCCCCN1C(=O)C=CC1=O. The molecule has 6 atom stereocenters. The van der Waals surface area contributed by atoms with Crippen LogP contribution in [0.1, 0.15) is 119 Å². The molecule has 0 fully saturated rings. The molecule has 26 heteroatoms. The number of hydrogen-bond donors (Lipinski definition) is 9. The van der Waals surface area contributed by atoms with Gasteiger partial charge in [0.25, 0.3) is 17.4 Å². The van der Waals surface area contributed by atoms with Gasteiger partial charge in [-0.3, -0.25) is 48.1 Å². The minimum absolute atomic E-state index is 0.0205. The van der Waals surface area contributed by atoms with Crippen LogP contribution in [-0.2, 0) is 77.8 Å². The third kappa shape index (κ3) is 15.9. The van der Waals surface area contributed by atoms with Gasteiger partial charge in [0.05, 0.1) is 54.4 Å². The Balaban J connectivity index is 0.935. The predicted octanol–water partition coefficient (Wildman–Crippen LogP) is -0.231. The quantitative estimate of drug-likeness (QED) is 0.0136. The molecule has 3 aliphatic heterocycles. The van der Waals surface area contributed by atoms with Gasteiger partial charge in [0, 0.05) is 80.7 Å². The molecule has 9 N–H and O–H groups in total. The Kier molecular flexibility index (Phi) is 22.5. The van der Waals surface area contributed by atoms with Crippen molar-refractivity contribution in [3.63, 3.8) is 0 Å². The van der Waals surface area contributed by atoms with E-state index in [0.717, 1.165) is 21.4 Å². The maximum absolute atomic E-state index is 14.9. The summed E-state index contributed by atoms with van der Waals surface area (Å²) in [7, 11) is 1.47. The van der Waals surface area contributed by atoms with E-state index < -0.39 is 114 Å². The molecule has 0 radical (unpaired) electrons. The van der Waals surface area contributed by atoms with Crippen LogP contribution in [0.25, 0.3) is 22.3 Å². The number of aryl methyl sites for hydroxylation is 2. The maximum Gasteiger partial charge on any atom is 0.343 e. The summed E-state index contributed by atoms with van der Waals surface area (Å²) in [5.74, 6) is -6.02. The zero-order chi connectivity index (χ0) is 60.0. The smallest absolute Gasteiger partial charge is 0.343 e. The van der Waals surface area contributed by atoms with E-state index in [2.05, 4.69) is 26.6 Å². The highest BCUT2D eigenvalue weighted by atomic mass is 19.1. The van der Waals surface area contributed by atoms with Gasteiger partial charge in [0.15, 0.2) is 5.60 Å². The monoisotopic (exact) mass is 1150 g/mol. The molecule has 0 unspecified atom stereocenters. The first-order chi connectivity index (χ1) is 39.0. The molecule has 5 heterocycles. The molecule has 6 rings (SSSR count). The molecule has 0 spiro atoms. The summed E-state index contributed by atoms with van der Waals surface area (Å²) in [6.07, 6.45) is 2.61. The van der Waals surface area contributed by atoms with Crippen molar-refractivity contribution < 1.29 is 77.4 Å². The van der Waals surface area contributed by atoms with Gasteiger partial charge in [0.1, 0.15) is 37.3 Å². The maximum atomic E-state index is 14.9. The number of esters is 1. The number of halogens is 1. The Labute approximate surface area is 472 Å². The van der Waals surface area contributed by atoms with Crippen LogP contribution in [0.4, 0.5) is 4.39 Å². The molecular formula is C56H74FN9O16. The predicted molar refractivity (Wildman–Crippen MR) is 291 cm³/mol. The second kappa shape index (κ2) is 28.9. The third-order valence-electron chi connectivity index (χ3n) is 14.8. The van der Waals surface area contributed by atoms with E-state index >= 15 is 0 Å². The largest absolute Gasteiger partial charge is 0.458 e. The molecule has 3 aromatic rings. The zero-order valence-electron chi connectivity index (χ0n) is 46.8. The lowest BCUT2D eigenvalue weighted by Gasteiger charge is -2.31. The number of ether oxygens (including phenoxy) is 2. The van der Waals surface area contributed by atoms with Crippen LogP contribution >= 0.6 is 0 Å². The highest BCUT2D eigenvalue weighted by Gasteiger charge is 2.45. The Bertz CT molecular complexity index is 3000. The molecular weight excluding hydrogens is 1070 g/mol. The minimum atomic E-state index is -2.01. The number of aromatic nitrogens is 2. The van der Waals surface area contributed by atoms with Gasteiger partial charge >= 0.3 is 5.97 Å². The van der Waals surface area contributed by atoms with Crippen molar-refractivity contribution >= 4 is 64.1 Å². The van der Waals surface area contributed by atoms with E-state index in [1.807, 2.05) is 0 Å². The molecule has 2 aromatic heterocycles. The van der Waals surface area contributed by atoms with Crippen molar-refractivity contribution in [2.24, 2.45) is 0 Å². The van der Waals surface area contributed by atoms with Gasteiger partial charge in [-0.15, -0.1) is 0 Å². The average Bonchev–Trinajstić information content (AvgIpc) is 3.50. The first kappa shape index (κ1) is 63.7. The number of imide groups is 1. The number of fused-ring (bicyclic) bond motifs is 5. The summed E-state index contributed by atoms with van der Waals surface area (Å²) in [6.45, 7) is 5.13. The first-order valence-electron chi connectivity index (χ1n) is 27.5. The summed E-state index contributed by atoms with van der Waals surface area (Å²) in [4.78, 5) is 136. The molecule has 0 bridgehead atoms. The van der Waals surface area contributed by atoms with E-state index in [0.29, 0.717) is 61.0 Å². The normalized spacial score (nSPS) is 17.0. The van der Waals surface area contributed by atoms with Crippen molar-refractivity contribution in [3.8, 4) is 11.4 Å². The highest BCUT2D eigenvalue weighted by molar-refractivity contribution is 6.12. The molecule has 446 valence electrons. The van der Waals surface area contributed by atoms with Crippen molar-refractivity contribution in [2.75, 3.05) is 46.6 Å². The summed E-state index contributed by atoms with van der Waals surface area (Å²) in [6, 6.07) is 0.957. The summed E-state index contributed by atoms with van der Waals surface area (Å²) in [5, 5.41) is 53.4. The number of unbranched alkanes of at least 4 members (excludes halogenated alkanes) is 3. The van der Waals surface area contributed by atoms with Crippen LogP contribution in [0, 0.1) is 12.7 Å². The van der Waals surface area contributed by atoms with Gasteiger partial charge < -0.3 is 66.0 Å². The van der Waals surface area contributed by atoms with E-state index in [1.165, 1.54) is 48.6 Å². The third-order valence-corrected chi connectivity index (χ3v) is 14.8. The number of cyclic esters (lactones) is 1. The fourth-order valence-electron chi connectivity index (χ4n) is 9.80. The fourth-order valence-corrected chi connectivity index (χ4v) is 9.80. The number of aliphatic hydroxyl groups is 4. The molecule has 82 heavy (non-hydrogen) atoms. The highest BCUT2D eigenvalue weighted by Crippen LogP contribution is 2.41. The lowest BCUT2D eigenvalue weighted by molar-refractivity contribution is -0.172. The number of rotatable bonds is 31. The molecule has 3 aliphatic rings. The number of hydrogen-bond acceptors (Lipinski definition) is 17. The molecule has 1 aromatic carbocycles.